The summed E-state index contributed by atoms with van der Waals surface area (Å²) in [6.07, 6.45) is 1.33. The lowest BCUT2D eigenvalue weighted by molar-refractivity contribution is -0.121. The van der Waals surface area contributed by atoms with Crippen molar-refractivity contribution in [3.63, 3.8) is 0 Å². The average Bonchev–Trinajstić information content (AvgIpc) is 2.95. The molecule has 0 radical (unpaired) electrons. The molecule has 5 heteroatoms. The zero-order chi connectivity index (χ0) is 15.9. The van der Waals surface area contributed by atoms with E-state index in [1.54, 1.807) is 18.4 Å². The number of hydrogen-bond donors (Lipinski definition) is 1. The van der Waals surface area contributed by atoms with Crippen LogP contribution in [0.3, 0.4) is 0 Å². The minimum Gasteiger partial charge on any atom is -0.497 e. The summed E-state index contributed by atoms with van der Waals surface area (Å²) in [6, 6.07) is 7.88. The average molecular weight is 318 g/mol. The Morgan fingerprint density at radius 3 is 2.95 bits per heavy atom. The lowest BCUT2D eigenvalue weighted by Crippen LogP contribution is -2.26. The summed E-state index contributed by atoms with van der Waals surface area (Å²) < 4.78 is 5.24. The van der Waals surface area contributed by atoms with Crippen LogP contribution < -0.4 is 10.1 Å². The fourth-order valence-corrected chi connectivity index (χ4v) is 2.93. The number of carbonyl (C=O) groups excluding carboxylic acids is 1. The fraction of sp³-hybridized carbons (Fsp3) is 0.412. The lowest BCUT2D eigenvalue weighted by Gasteiger charge is -2.05. The van der Waals surface area contributed by atoms with E-state index in [-0.39, 0.29) is 5.91 Å². The van der Waals surface area contributed by atoms with Crippen LogP contribution in [0.5, 0.6) is 5.75 Å². The fourth-order valence-electron chi connectivity index (χ4n) is 2.08. The molecule has 0 aliphatic rings. The zero-order valence-corrected chi connectivity index (χ0v) is 14.1. The Morgan fingerprint density at radius 1 is 1.41 bits per heavy atom. The van der Waals surface area contributed by atoms with Crippen LogP contribution in [0, 0.1) is 5.92 Å². The molecule has 1 amide bonds. The van der Waals surface area contributed by atoms with E-state index < -0.39 is 0 Å². The largest absolute Gasteiger partial charge is 0.497 e. The summed E-state index contributed by atoms with van der Waals surface area (Å²) in [5, 5.41) is 5.95. The molecular formula is C17H22N2O2S. The van der Waals surface area contributed by atoms with Crippen molar-refractivity contribution in [2.45, 2.75) is 26.7 Å². The summed E-state index contributed by atoms with van der Waals surface area (Å²) >= 11 is 1.61. The third-order valence-corrected chi connectivity index (χ3v) is 4.11. The molecule has 1 heterocycles. The Hall–Kier alpha value is -1.88. The monoisotopic (exact) mass is 318 g/mol. The Balaban J connectivity index is 1.90. The minimum absolute atomic E-state index is 0.109. The van der Waals surface area contributed by atoms with Gasteiger partial charge in [0.2, 0.25) is 5.91 Å². The van der Waals surface area contributed by atoms with Crippen molar-refractivity contribution in [1.82, 2.24) is 10.3 Å². The number of aromatic nitrogens is 1. The molecular weight excluding hydrogens is 296 g/mol. The van der Waals surface area contributed by atoms with E-state index in [9.17, 15) is 4.79 Å². The van der Waals surface area contributed by atoms with Crippen LogP contribution in [0.15, 0.2) is 29.6 Å². The third kappa shape index (κ3) is 4.84. The molecule has 0 atom stereocenters. The molecule has 0 spiro atoms. The zero-order valence-electron chi connectivity index (χ0n) is 13.3. The molecule has 1 aromatic heterocycles. The van der Waals surface area contributed by atoms with Crippen LogP contribution in [0.4, 0.5) is 0 Å². The van der Waals surface area contributed by atoms with Crippen LogP contribution in [0.2, 0.25) is 0 Å². The van der Waals surface area contributed by atoms with Gasteiger partial charge in [-0.15, -0.1) is 11.3 Å². The highest BCUT2D eigenvalue weighted by Gasteiger charge is 2.07. The van der Waals surface area contributed by atoms with Crippen molar-refractivity contribution in [2.24, 2.45) is 5.92 Å². The number of nitrogens with zero attached hydrogens (tertiary/aromatic N) is 1. The van der Waals surface area contributed by atoms with Crippen molar-refractivity contribution in [1.29, 1.82) is 0 Å². The normalized spacial score (nSPS) is 10.7. The predicted molar refractivity (Wildman–Crippen MR) is 90.3 cm³/mol. The van der Waals surface area contributed by atoms with Gasteiger partial charge in [-0.2, -0.15) is 0 Å². The molecule has 118 valence electrons. The molecule has 4 nitrogen and oxygen atoms in total. The van der Waals surface area contributed by atoms with E-state index in [0.29, 0.717) is 18.9 Å². The van der Waals surface area contributed by atoms with Crippen LogP contribution in [-0.2, 0) is 11.2 Å². The molecule has 0 fully saturated rings. The number of thiazole rings is 1. The van der Waals surface area contributed by atoms with E-state index >= 15 is 0 Å². The Labute approximate surface area is 135 Å². The van der Waals surface area contributed by atoms with Crippen LogP contribution in [0.25, 0.3) is 10.6 Å². The molecule has 22 heavy (non-hydrogen) atoms. The first kappa shape index (κ1) is 16.5. The topological polar surface area (TPSA) is 51.2 Å². The van der Waals surface area contributed by atoms with Crippen molar-refractivity contribution < 1.29 is 9.53 Å². The van der Waals surface area contributed by atoms with E-state index in [4.69, 9.17) is 4.74 Å². The van der Waals surface area contributed by atoms with Gasteiger partial charge in [0.1, 0.15) is 10.8 Å². The van der Waals surface area contributed by atoms with E-state index in [0.717, 1.165) is 28.4 Å². The van der Waals surface area contributed by atoms with Crippen LogP contribution in [0.1, 0.15) is 26.0 Å². The number of benzene rings is 1. The molecule has 1 aromatic carbocycles. The summed E-state index contributed by atoms with van der Waals surface area (Å²) in [5.74, 6) is 1.33. The Morgan fingerprint density at radius 2 is 2.23 bits per heavy atom. The molecule has 1 N–H and O–H groups in total. The van der Waals surface area contributed by atoms with Gasteiger partial charge < -0.3 is 10.1 Å². The molecule has 0 bridgehead atoms. The van der Waals surface area contributed by atoms with Gasteiger partial charge in [0.15, 0.2) is 0 Å². The number of hydrogen-bond acceptors (Lipinski definition) is 4. The lowest BCUT2D eigenvalue weighted by atomic mass is 10.1. The highest BCUT2D eigenvalue weighted by Crippen LogP contribution is 2.26. The van der Waals surface area contributed by atoms with Crippen molar-refractivity contribution >= 4 is 17.2 Å². The number of amides is 1. The van der Waals surface area contributed by atoms with Crippen molar-refractivity contribution in [3.05, 3.63) is 35.3 Å². The Kier molecular flexibility index (Phi) is 5.95. The highest BCUT2D eigenvalue weighted by molar-refractivity contribution is 7.13. The van der Waals surface area contributed by atoms with Crippen LogP contribution in [-0.4, -0.2) is 24.5 Å². The molecule has 0 saturated carbocycles. The van der Waals surface area contributed by atoms with Gasteiger partial charge in [0, 0.05) is 30.3 Å². The predicted octanol–water partition coefficient (Wildman–Crippen LogP) is 3.52. The first-order chi connectivity index (χ1) is 10.6. The van der Waals surface area contributed by atoms with Gasteiger partial charge in [-0.3, -0.25) is 4.79 Å². The van der Waals surface area contributed by atoms with Gasteiger partial charge in [-0.1, -0.05) is 26.0 Å². The summed E-state index contributed by atoms with van der Waals surface area (Å²) in [7, 11) is 1.66. The van der Waals surface area contributed by atoms with Crippen molar-refractivity contribution in [3.8, 4) is 16.3 Å². The third-order valence-electron chi connectivity index (χ3n) is 3.17. The second kappa shape index (κ2) is 7.94. The number of nitrogens with one attached hydrogen (secondary N) is 1. The van der Waals surface area contributed by atoms with Gasteiger partial charge in [0.05, 0.1) is 12.8 Å². The molecule has 2 rings (SSSR count). The van der Waals surface area contributed by atoms with Gasteiger partial charge in [0.25, 0.3) is 0 Å². The number of rotatable bonds is 7. The van der Waals surface area contributed by atoms with E-state index in [2.05, 4.69) is 10.3 Å². The SMILES string of the molecule is COc1cccc(-c2nc(CCNC(=O)CC(C)C)cs2)c1. The molecule has 0 unspecified atom stereocenters. The van der Waals surface area contributed by atoms with E-state index in [1.165, 1.54) is 0 Å². The number of methoxy groups -OCH3 is 1. The van der Waals surface area contributed by atoms with Gasteiger partial charge in [-0.25, -0.2) is 4.98 Å². The first-order valence-corrected chi connectivity index (χ1v) is 8.32. The van der Waals surface area contributed by atoms with Gasteiger partial charge >= 0.3 is 0 Å². The maximum absolute atomic E-state index is 11.6. The van der Waals surface area contributed by atoms with Gasteiger partial charge in [-0.05, 0) is 18.1 Å². The molecule has 0 aliphatic heterocycles. The van der Waals surface area contributed by atoms with E-state index in [1.807, 2.05) is 43.5 Å². The standard InChI is InChI=1S/C17H22N2O2S/c1-12(2)9-16(20)18-8-7-14-11-22-17(19-14)13-5-4-6-15(10-13)21-3/h4-6,10-12H,7-9H2,1-3H3,(H,18,20). The first-order valence-electron chi connectivity index (χ1n) is 7.44. The molecule has 0 aliphatic carbocycles. The Bertz CT molecular complexity index is 623. The number of ether oxygens (including phenoxy) is 1. The van der Waals surface area contributed by atoms with Crippen molar-refractivity contribution in [2.75, 3.05) is 13.7 Å². The highest BCUT2D eigenvalue weighted by atomic mass is 32.1. The summed E-state index contributed by atoms with van der Waals surface area (Å²) in [4.78, 5) is 16.2. The maximum atomic E-state index is 11.6. The molecule has 0 saturated heterocycles. The maximum Gasteiger partial charge on any atom is 0.220 e. The quantitative estimate of drug-likeness (QED) is 0.850. The second-order valence-corrected chi connectivity index (χ2v) is 6.43. The summed E-state index contributed by atoms with van der Waals surface area (Å²) in [6.45, 7) is 4.72. The second-order valence-electron chi connectivity index (χ2n) is 5.57. The molecule has 2 aromatic rings. The smallest absolute Gasteiger partial charge is 0.220 e. The minimum atomic E-state index is 0.109. The summed E-state index contributed by atoms with van der Waals surface area (Å²) in [5.41, 5.74) is 2.06. The number of carbonyl (C=O) groups is 1. The van der Waals surface area contributed by atoms with Crippen LogP contribution >= 0.6 is 11.3 Å².